The van der Waals surface area contributed by atoms with Gasteiger partial charge in [0, 0.05) is 10.4 Å². The van der Waals surface area contributed by atoms with Gasteiger partial charge in [-0.25, -0.2) is 0 Å². The summed E-state index contributed by atoms with van der Waals surface area (Å²) in [6, 6.07) is 3.84. The van der Waals surface area contributed by atoms with Gasteiger partial charge in [-0.3, -0.25) is 0 Å². The van der Waals surface area contributed by atoms with Gasteiger partial charge in [-0.2, -0.15) is 0 Å². The molecule has 0 heterocycles. The second-order valence-electron chi connectivity index (χ2n) is 5.57. The molecule has 19 heavy (non-hydrogen) atoms. The number of ether oxygens (including phenoxy) is 1. The fourth-order valence-corrected chi connectivity index (χ4v) is 2.37. The van der Waals surface area contributed by atoms with Crippen molar-refractivity contribution in [3.8, 4) is 5.75 Å². The van der Waals surface area contributed by atoms with Crippen LogP contribution in [-0.4, -0.2) is 11.6 Å². The van der Waals surface area contributed by atoms with Crippen LogP contribution in [0, 0.1) is 19.3 Å². The molecule has 106 valence electrons. The van der Waals surface area contributed by atoms with Crippen molar-refractivity contribution < 1.29 is 4.74 Å². The molecule has 0 amide bonds. The molecule has 0 fully saturated rings. The highest BCUT2D eigenvalue weighted by Crippen LogP contribution is 2.28. The Morgan fingerprint density at radius 1 is 1.32 bits per heavy atom. The topological polar surface area (TPSA) is 35.2 Å². The molecule has 0 aliphatic carbocycles. The molecule has 4 heteroatoms. The first-order chi connectivity index (χ1) is 8.74. The lowest BCUT2D eigenvalue weighted by Crippen LogP contribution is -2.30. The molecule has 0 aromatic heterocycles. The molecule has 0 aliphatic heterocycles. The first kappa shape index (κ1) is 16.3. The van der Waals surface area contributed by atoms with E-state index in [9.17, 15) is 0 Å². The van der Waals surface area contributed by atoms with Crippen LogP contribution in [0.3, 0.4) is 0 Å². The van der Waals surface area contributed by atoms with Gasteiger partial charge in [0.25, 0.3) is 0 Å². The Labute approximate surface area is 126 Å². The van der Waals surface area contributed by atoms with E-state index in [0.29, 0.717) is 11.6 Å². The van der Waals surface area contributed by atoms with E-state index in [1.54, 1.807) is 0 Å². The second kappa shape index (κ2) is 6.58. The number of hydrogen-bond acceptors (Lipinski definition) is 2. The highest BCUT2D eigenvalue weighted by Gasteiger charge is 2.20. The molecular formula is C15H22ClNOS. The minimum absolute atomic E-state index is 0.108. The van der Waals surface area contributed by atoms with Crippen molar-refractivity contribution in [2.45, 2.75) is 40.5 Å². The molecule has 1 rings (SSSR count). The molecule has 0 atom stereocenters. The van der Waals surface area contributed by atoms with Gasteiger partial charge in [0.15, 0.2) is 0 Å². The fraction of sp³-hybridized carbons (Fsp3) is 0.533. The SMILES string of the molecule is Cc1cc(Cl)cc(C)c1OCCCC(C)(C)C(N)=S. The van der Waals surface area contributed by atoms with E-state index < -0.39 is 0 Å². The number of thiocarbonyl (C=S) groups is 1. The summed E-state index contributed by atoms with van der Waals surface area (Å²) in [5, 5.41) is 0.747. The summed E-state index contributed by atoms with van der Waals surface area (Å²) in [5.41, 5.74) is 7.73. The van der Waals surface area contributed by atoms with Crippen molar-refractivity contribution in [1.29, 1.82) is 0 Å². The van der Waals surface area contributed by atoms with Crippen LogP contribution in [-0.2, 0) is 0 Å². The highest BCUT2D eigenvalue weighted by atomic mass is 35.5. The zero-order valence-corrected chi connectivity index (χ0v) is 13.6. The van der Waals surface area contributed by atoms with Gasteiger partial charge in [0.2, 0.25) is 0 Å². The predicted octanol–water partition coefficient (Wildman–Crippen LogP) is 4.43. The van der Waals surface area contributed by atoms with E-state index in [4.69, 9.17) is 34.3 Å². The van der Waals surface area contributed by atoms with Crippen molar-refractivity contribution in [1.82, 2.24) is 0 Å². The van der Waals surface area contributed by atoms with Crippen molar-refractivity contribution in [3.05, 3.63) is 28.3 Å². The Morgan fingerprint density at radius 2 is 1.84 bits per heavy atom. The Bertz CT molecular complexity index is 448. The third-order valence-electron chi connectivity index (χ3n) is 3.28. The van der Waals surface area contributed by atoms with Gasteiger partial charge < -0.3 is 10.5 Å². The van der Waals surface area contributed by atoms with Crippen LogP contribution >= 0.6 is 23.8 Å². The molecule has 0 saturated carbocycles. The van der Waals surface area contributed by atoms with Crippen LogP contribution in [0.4, 0.5) is 0 Å². The van der Waals surface area contributed by atoms with Gasteiger partial charge in [-0.05, 0) is 49.9 Å². The van der Waals surface area contributed by atoms with Gasteiger partial charge in [0.05, 0.1) is 11.6 Å². The van der Waals surface area contributed by atoms with Crippen LogP contribution in [0.5, 0.6) is 5.75 Å². The molecule has 2 nitrogen and oxygen atoms in total. The number of halogens is 1. The Morgan fingerprint density at radius 3 is 2.32 bits per heavy atom. The largest absolute Gasteiger partial charge is 0.493 e. The van der Waals surface area contributed by atoms with Crippen LogP contribution in [0.25, 0.3) is 0 Å². The van der Waals surface area contributed by atoms with Crippen molar-refractivity contribution in [3.63, 3.8) is 0 Å². The lowest BCUT2D eigenvalue weighted by Gasteiger charge is -2.23. The molecule has 0 spiro atoms. The van der Waals surface area contributed by atoms with E-state index >= 15 is 0 Å². The third kappa shape index (κ3) is 4.66. The molecule has 0 aliphatic rings. The fourth-order valence-electron chi connectivity index (χ4n) is 1.94. The molecule has 0 saturated heterocycles. The van der Waals surface area contributed by atoms with E-state index in [1.165, 1.54) is 0 Å². The van der Waals surface area contributed by atoms with Gasteiger partial charge in [-0.15, -0.1) is 0 Å². The maximum atomic E-state index is 5.99. The third-order valence-corrected chi connectivity index (χ3v) is 4.06. The summed E-state index contributed by atoms with van der Waals surface area (Å²) in [6.07, 6.45) is 1.85. The molecule has 0 unspecified atom stereocenters. The molecular weight excluding hydrogens is 278 g/mol. The van der Waals surface area contributed by atoms with E-state index in [1.807, 2.05) is 26.0 Å². The average molecular weight is 300 g/mol. The summed E-state index contributed by atoms with van der Waals surface area (Å²) in [5.74, 6) is 0.928. The van der Waals surface area contributed by atoms with Gasteiger partial charge in [0.1, 0.15) is 5.75 Å². The number of benzene rings is 1. The van der Waals surface area contributed by atoms with E-state index in [-0.39, 0.29) is 5.41 Å². The molecule has 1 aromatic carbocycles. The van der Waals surface area contributed by atoms with Gasteiger partial charge >= 0.3 is 0 Å². The molecule has 0 radical (unpaired) electrons. The zero-order chi connectivity index (χ0) is 14.6. The smallest absolute Gasteiger partial charge is 0.125 e. The maximum absolute atomic E-state index is 5.99. The number of nitrogens with two attached hydrogens (primary N) is 1. The summed E-state index contributed by atoms with van der Waals surface area (Å²) in [7, 11) is 0. The van der Waals surface area contributed by atoms with E-state index in [2.05, 4.69) is 13.8 Å². The lowest BCUT2D eigenvalue weighted by molar-refractivity contribution is 0.284. The molecule has 0 bridgehead atoms. The quantitative estimate of drug-likeness (QED) is 0.623. The number of rotatable bonds is 6. The monoisotopic (exact) mass is 299 g/mol. The summed E-state index contributed by atoms with van der Waals surface area (Å²) in [4.78, 5) is 0.561. The molecule has 1 aromatic rings. The predicted molar refractivity (Wildman–Crippen MR) is 86.2 cm³/mol. The number of aryl methyl sites for hydroxylation is 2. The van der Waals surface area contributed by atoms with Crippen LogP contribution in [0.1, 0.15) is 37.8 Å². The molecule has 2 N–H and O–H groups in total. The Balaban J connectivity index is 2.53. The van der Waals surface area contributed by atoms with Crippen LogP contribution in [0.15, 0.2) is 12.1 Å². The maximum Gasteiger partial charge on any atom is 0.125 e. The lowest BCUT2D eigenvalue weighted by atomic mass is 9.88. The summed E-state index contributed by atoms with van der Waals surface area (Å²) >= 11 is 11.0. The van der Waals surface area contributed by atoms with Crippen LogP contribution in [0.2, 0.25) is 5.02 Å². The Kier molecular flexibility index (Phi) is 5.63. The van der Waals surface area contributed by atoms with Crippen LogP contribution < -0.4 is 10.5 Å². The van der Waals surface area contributed by atoms with E-state index in [0.717, 1.165) is 34.7 Å². The normalized spacial score (nSPS) is 11.4. The second-order valence-corrected chi connectivity index (χ2v) is 6.45. The Hall–Kier alpha value is -0.800. The first-order valence-electron chi connectivity index (χ1n) is 6.43. The minimum atomic E-state index is -0.108. The average Bonchev–Trinajstić information content (AvgIpc) is 2.26. The summed E-state index contributed by atoms with van der Waals surface area (Å²) in [6.45, 7) is 8.80. The number of hydrogen-bond donors (Lipinski definition) is 1. The van der Waals surface area contributed by atoms with Crippen molar-refractivity contribution in [2.75, 3.05) is 6.61 Å². The highest BCUT2D eigenvalue weighted by molar-refractivity contribution is 7.80. The van der Waals surface area contributed by atoms with Crippen molar-refractivity contribution >= 4 is 28.8 Å². The standard InChI is InChI=1S/C15H22ClNOS/c1-10-8-12(16)9-11(2)13(10)18-7-5-6-15(3,4)14(17)19/h8-9H,5-7H2,1-4H3,(H2,17,19). The van der Waals surface area contributed by atoms with Gasteiger partial charge in [-0.1, -0.05) is 37.7 Å². The first-order valence-corrected chi connectivity index (χ1v) is 7.22. The minimum Gasteiger partial charge on any atom is -0.493 e. The summed E-state index contributed by atoms with van der Waals surface area (Å²) < 4.78 is 5.85. The zero-order valence-electron chi connectivity index (χ0n) is 12.0. The van der Waals surface area contributed by atoms with Crippen molar-refractivity contribution in [2.24, 2.45) is 11.1 Å².